The van der Waals surface area contributed by atoms with Gasteiger partial charge in [0.2, 0.25) is 0 Å². The van der Waals surface area contributed by atoms with Gasteiger partial charge in [-0.25, -0.2) is 0 Å². The molecule has 1 fully saturated rings. The van der Waals surface area contributed by atoms with Gasteiger partial charge >= 0.3 is 0 Å². The second kappa shape index (κ2) is 6.52. The van der Waals surface area contributed by atoms with Gasteiger partial charge in [-0.05, 0) is 31.5 Å². The van der Waals surface area contributed by atoms with Gasteiger partial charge in [0.1, 0.15) is 0 Å². The molecule has 1 aromatic carbocycles. The first-order chi connectivity index (χ1) is 9.92. The smallest absolute Gasteiger partial charge is 0.0870 e. The van der Waals surface area contributed by atoms with E-state index >= 15 is 0 Å². The normalized spacial score (nSPS) is 18.9. The summed E-state index contributed by atoms with van der Waals surface area (Å²) in [5, 5.41) is 15.3. The molecule has 0 radical (unpaired) electrons. The molecule has 0 bridgehead atoms. The molecular weight excluding hydrogens is 250 g/mol. The van der Waals surface area contributed by atoms with Gasteiger partial charge in [-0.2, -0.15) is 0 Å². The van der Waals surface area contributed by atoms with E-state index in [-0.39, 0.29) is 0 Å². The van der Waals surface area contributed by atoms with E-state index < -0.39 is 0 Å². The van der Waals surface area contributed by atoms with Crippen LogP contribution in [0.25, 0.3) is 0 Å². The number of aromatic nitrogens is 3. The molecule has 20 heavy (non-hydrogen) atoms. The SMILES string of the molecule is c1ccc(NCCn2cc([C@@H]3CCCNC3)nn2)cc1. The Kier molecular flexibility index (Phi) is 4.28. The van der Waals surface area contributed by atoms with Gasteiger partial charge in [0.15, 0.2) is 0 Å². The Morgan fingerprint density at radius 1 is 1.30 bits per heavy atom. The Morgan fingerprint density at radius 3 is 3.00 bits per heavy atom. The van der Waals surface area contributed by atoms with Gasteiger partial charge in [-0.15, -0.1) is 5.10 Å². The minimum Gasteiger partial charge on any atom is -0.383 e. The Balaban J connectivity index is 1.50. The van der Waals surface area contributed by atoms with Gasteiger partial charge in [-0.1, -0.05) is 23.4 Å². The summed E-state index contributed by atoms with van der Waals surface area (Å²) in [6.45, 7) is 3.85. The molecule has 1 aliphatic rings. The Labute approximate surface area is 119 Å². The fourth-order valence-corrected chi connectivity index (χ4v) is 2.58. The third-order valence-electron chi connectivity index (χ3n) is 3.72. The van der Waals surface area contributed by atoms with Gasteiger partial charge in [0.05, 0.1) is 12.2 Å². The summed E-state index contributed by atoms with van der Waals surface area (Å²) in [6, 6.07) is 10.2. The molecule has 1 atom stereocenters. The van der Waals surface area contributed by atoms with E-state index in [0.717, 1.165) is 37.6 Å². The quantitative estimate of drug-likeness (QED) is 0.871. The summed E-state index contributed by atoms with van der Waals surface area (Å²) in [6.07, 6.45) is 4.53. The molecule has 0 aliphatic carbocycles. The molecule has 3 rings (SSSR count). The predicted molar refractivity (Wildman–Crippen MR) is 79.8 cm³/mol. The summed E-state index contributed by atoms with van der Waals surface area (Å²) < 4.78 is 1.93. The number of nitrogens with one attached hydrogen (secondary N) is 2. The lowest BCUT2D eigenvalue weighted by atomic mass is 9.97. The summed E-state index contributed by atoms with van der Waals surface area (Å²) in [7, 11) is 0. The number of rotatable bonds is 5. The zero-order valence-electron chi connectivity index (χ0n) is 11.6. The summed E-state index contributed by atoms with van der Waals surface area (Å²) in [5.74, 6) is 0.527. The monoisotopic (exact) mass is 271 g/mol. The van der Waals surface area contributed by atoms with Crippen LogP contribution >= 0.6 is 0 Å². The lowest BCUT2D eigenvalue weighted by Gasteiger charge is -2.20. The zero-order chi connectivity index (χ0) is 13.6. The molecule has 2 N–H and O–H groups in total. The zero-order valence-corrected chi connectivity index (χ0v) is 11.6. The molecule has 106 valence electrons. The highest BCUT2D eigenvalue weighted by atomic mass is 15.4. The van der Waals surface area contributed by atoms with Crippen LogP contribution in [0.1, 0.15) is 24.5 Å². The lowest BCUT2D eigenvalue weighted by Crippen LogP contribution is -2.28. The highest BCUT2D eigenvalue weighted by molar-refractivity contribution is 5.42. The molecule has 1 saturated heterocycles. The topological polar surface area (TPSA) is 54.8 Å². The van der Waals surface area contributed by atoms with Crippen molar-refractivity contribution in [1.82, 2.24) is 20.3 Å². The maximum absolute atomic E-state index is 4.31. The van der Waals surface area contributed by atoms with Crippen LogP contribution in [0.4, 0.5) is 5.69 Å². The van der Waals surface area contributed by atoms with E-state index in [9.17, 15) is 0 Å². The summed E-state index contributed by atoms with van der Waals surface area (Å²) in [4.78, 5) is 0. The Bertz CT molecular complexity index is 516. The van der Waals surface area contributed by atoms with Crippen molar-refractivity contribution in [1.29, 1.82) is 0 Å². The molecule has 5 heteroatoms. The van der Waals surface area contributed by atoms with E-state index in [1.54, 1.807) is 0 Å². The van der Waals surface area contributed by atoms with Gasteiger partial charge in [0.25, 0.3) is 0 Å². The molecule has 0 unspecified atom stereocenters. The molecule has 0 saturated carbocycles. The van der Waals surface area contributed by atoms with Gasteiger partial charge in [-0.3, -0.25) is 4.68 Å². The van der Waals surface area contributed by atoms with Crippen LogP contribution in [-0.2, 0) is 6.54 Å². The molecule has 5 nitrogen and oxygen atoms in total. The number of anilines is 1. The Morgan fingerprint density at radius 2 is 2.20 bits per heavy atom. The minimum absolute atomic E-state index is 0.527. The van der Waals surface area contributed by atoms with Crippen LogP contribution in [-0.4, -0.2) is 34.6 Å². The van der Waals surface area contributed by atoms with Crippen LogP contribution in [0.2, 0.25) is 0 Å². The highest BCUT2D eigenvalue weighted by Crippen LogP contribution is 2.20. The first-order valence-corrected chi connectivity index (χ1v) is 7.31. The molecule has 1 aliphatic heterocycles. The Hall–Kier alpha value is -1.88. The molecule has 2 heterocycles. The lowest BCUT2D eigenvalue weighted by molar-refractivity contribution is 0.454. The van der Waals surface area contributed by atoms with Crippen molar-refractivity contribution in [3.63, 3.8) is 0 Å². The van der Waals surface area contributed by atoms with Crippen LogP contribution in [0.15, 0.2) is 36.5 Å². The molecule has 0 spiro atoms. The van der Waals surface area contributed by atoms with Crippen LogP contribution in [0.5, 0.6) is 0 Å². The van der Waals surface area contributed by atoms with Gasteiger partial charge in [0, 0.05) is 30.9 Å². The van der Waals surface area contributed by atoms with Crippen LogP contribution in [0.3, 0.4) is 0 Å². The van der Waals surface area contributed by atoms with Crippen molar-refractivity contribution >= 4 is 5.69 Å². The van der Waals surface area contributed by atoms with Crippen molar-refractivity contribution in [3.05, 3.63) is 42.2 Å². The van der Waals surface area contributed by atoms with Crippen LogP contribution in [0, 0.1) is 0 Å². The van der Waals surface area contributed by atoms with Gasteiger partial charge < -0.3 is 10.6 Å². The number of piperidine rings is 1. The average Bonchev–Trinajstić information content (AvgIpc) is 2.98. The predicted octanol–water partition coefficient (Wildman–Crippen LogP) is 1.86. The maximum Gasteiger partial charge on any atom is 0.0870 e. The number of hydrogen-bond acceptors (Lipinski definition) is 4. The fraction of sp³-hybridized carbons (Fsp3) is 0.467. The molecule has 2 aromatic rings. The largest absolute Gasteiger partial charge is 0.383 e. The van der Waals surface area contributed by atoms with E-state index in [2.05, 4.69) is 39.3 Å². The second-order valence-electron chi connectivity index (χ2n) is 5.24. The fourth-order valence-electron chi connectivity index (χ4n) is 2.58. The van der Waals surface area contributed by atoms with Crippen molar-refractivity contribution in [2.24, 2.45) is 0 Å². The number of hydrogen-bond donors (Lipinski definition) is 2. The maximum atomic E-state index is 4.31. The van der Waals surface area contributed by atoms with Crippen molar-refractivity contribution < 1.29 is 0 Å². The third-order valence-corrected chi connectivity index (χ3v) is 3.72. The minimum atomic E-state index is 0.527. The summed E-state index contributed by atoms with van der Waals surface area (Å²) in [5.41, 5.74) is 2.27. The highest BCUT2D eigenvalue weighted by Gasteiger charge is 2.17. The molecule has 1 aromatic heterocycles. The number of nitrogens with zero attached hydrogens (tertiary/aromatic N) is 3. The van der Waals surface area contributed by atoms with E-state index in [0.29, 0.717) is 5.92 Å². The van der Waals surface area contributed by atoms with Crippen LogP contribution < -0.4 is 10.6 Å². The van der Waals surface area contributed by atoms with E-state index in [4.69, 9.17) is 0 Å². The second-order valence-corrected chi connectivity index (χ2v) is 5.24. The molecular formula is C15H21N5. The van der Waals surface area contributed by atoms with Crippen molar-refractivity contribution in [2.75, 3.05) is 25.0 Å². The van der Waals surface area contributed by atoms with E-state index in [1.807, 2.05) is 22.9 Å². The number of para-hydroxylation sites is 1. The third kappa shape index (κ3) is 3.36. The first kappa shape index (κ1) is 13.1. The van der Waals surface area contributed by atoms with Crippen molar-refractivity contribution in [2.45, 2.75) is 25.3 Å². The number of benzene rings is 1. The first-order valence-electron chi connectivity index (χ1n) is 7.31. The molecule has 0 amide bonds. The standard InChI is InChI=1S/C15H21N5/c1-2-6-14(7-3-1)17-9-10-20-12-15(18-19-20)13-5-4-8-16-11-13/h1-3,6-7,12-13,16-17H,4-5,8-11H2/t13-/m1/s1. The van der Waals surface area contributed by atoms with Crippen molar-refractivity contribution in [3.8, 4) is 0 Å². The van der Waals surface area contributed by atoms with E-state index in [1.165, 1.54) is 12.8 Å². The summed E-state index contributed by atoms with van der Waals surface area (Å²) >= 11 is 0. The average molecular weight is 271 g/mol.